The van der Waals surface area contributed by atoms with E-state index in [2.05, 4.69) is 20.6 Å². The molecule has 0 aliphatic carbocycles. The molecule has 102 valence electrons. The Hall–Kier alpha value is -1.69. The van der Waals surface area contributed by atoms with E-state index in [1.165, 1.54) is 19.3 Å². The first kappa shape index (κ1) is 12.3. The van der Waals surface area contributed by atoms with Crippen molar-refractivity contribution in [3.8, 4) is 11.5 Å². The smallest absolute Gasteiger partial charge is 0.227 e. The summed E-state index contributed by atoms with van der Waals surface area (Å²) in [7, 11) is 1.87. The highest BCUT2D eigenvalue weighted by Crippen LogP contribution is 2.16. The second-order valence-electron chi connectivity index (χ2n) is 5.07. The van der Waals surface area contributed by atoms with Crippen molar-refractivity contribution in [2.24, 2.45) is 7.05 Å². The number of piperidine rings is 1. The van der Waals surface area contributed by atoms with Crippen LogP contribution in [0.5, 0.6) is 0 Å². The van der Waals surface area contributed by atoms with Gasteiger partial charge in [-0.15, -0.1) is 0 Å². The Balaban J connectivity index is 1.58. The number of aromatic nitrogens is 4. The third-order valence-corrected chi connectivity index (χ3v) is 3.53. The van der Waals surface area contributed by atoms with Gasteiger partial charge in [-0.05, 0) is 31.9 Å². The summed E-state index contributed by atoms with van der Waals surface area (Å²) in [5.41, 5.74) is 0.758. The zero-order valence-corrected chi connectivity index (χ0v) is 11.2. The minimum atomic E-state index is 0.576. The van der Waals surface area contributed by atoms with Crippen LogP contribution in [-0.2, 0) is 13.5 Å². The second kappa shape index (κ2) is 5.52. The molecule has 2 aromatic rings. The van der Waals surface area contributed by atoms with Crippen molar-refractivity contribution in [3.63, 3.8) is 0 Å². The summed E-state index contributed by atoms with van der Waals surface area (Å²) in [6, 6.07) is 2.48. The quantitative estimate of drug-likeness (QED) is 0.904. The highest BCUT2D eigenvalue weighted by Gasteiger charge is 2.15. The van der Waals surface area contributed by atoms with Crippen LogP contribution in [0.4, 0.5) is 0 Å². The van der Waals surface area contributed by atoms with Gasteiger partial charge >= 0.3 is 0 Å². The molecule has 6 heteroatoms. The Bertz CT molecular complexity index is 527. The largest absolute Gasteiger partial charge is 0.339 e. The van der Waals surface area contributed by atoms with Crippen molar-refractivity contribution < 1.29 is 4.52 Å². The standard InChI is InChI=1S/C13H19N5O/c1-18-9-7-11(16-18)13-15-12(19-17-13)6-5-10-4-2-3-8-14-10/h7,9-10,14H,2-6,8H2,1H3. The van der Waals surface area contributed by atoms with Gasteiger partial charge in [-0.3, -0.25) is 4.68 Å². The second-order valence-corrected chi connectivity index (χ2v) is 5.07. The lowest BCUT2D eigenvalue weighted by molar-refractivity contribution is 0.342. The highest BCUT2D eigenvalue weighted by atomic mass is 16.5. The maximum atomic E-state index is 5.28. The van der Waals surface area contributed by atoms with E-state index >= 15 is 0 Å². The van der Waals surface area contributed by atoms with Crippen LogP contribution in [0.3, 0.4) is 0 Å². The normalized spacial score (nSPS) is 19.7. The minimum absolute atomic E-state index is 0.576. The van der Waals surface area contributed by atoms with Gasteiger partial charge in [0.25, 0.3) is 0 Å². The molecule has 0 aromatic carbocycles. The van der Waals surface area contributed by atoms with Gasteiger partial charge in [0.15, 0.2) is 0 Å². The predicted molar refractivity (Wildman–Crippen MR) is 70.5 cm³/mol. The molecule has 1 atom stereocenters. The van der Waals surface area contributed by atoms with Crippen LogP contribution in [0, 0.1) is 0 Å². The van der Waals surface area contributed by atoms with Gasteiger partial charge in [0.1, 0.15) is 5.69 Å². The minimum Gasteiger partial charge on any atom is -0.339 e. The molecule has 1 saturated heterocycles. The van der Waals surface area contributed by atoms with E-state index in [0.717, 1.165) is 25.1 Å². The Labute approximate surface area is 112 Å². The van der Waals surface area contributed by atoms with Gasteiger partial charge in [0, 0.05) is 25.7 Å². The van der Waals surface area contributed by atoms with Crippen molar-refractivity contribution in [1.82, 2.24) is 25.2 Å². The molecule has 0 spiro atoms. The molecule has 19 heavy (non-hydrogen) atoms. The molecule has 6 nitrogen and oxygen atoms in total. The summed E-state index contributed by atoms with van der Waals surface area (Å²) in [6.07, 6.45) is 7.63. The Morgan fingerprint density at radius 2 is 2.42 bits per heavy atom. The number of hydrogen-bond donors (Lipinski definition) is 1. The van der Waals surface area contributed by atoms with Crippen LogP contribution in [0.2, 0.25) is 0 Å². The van der Waals surface area contributed by atoms with Gasteiger partial charge in [0.05, 0.1) is 0 Å². The molecule has 1 unspecified atom stereocenters. The molecule has 3 rings (SSSR count). The molecule has 1 fully saturated rings. The van der Waals surface area contributed by atoms with Gasteiger partial charge in [-0.2, -0.15) is 10.1 Å². The lowest BCUT2D eigenvalue weighted by Crippen LogP contribution is -2.34. The van der Waals surface area contributed by atoms with Crippen LogP contribution < -0.4 is 5.32 Å². The van der Waals surface area contributed by atoms with E-state index in [-0.39, 0.29) is 0 Å². The van der Waals surface area contributed by atoms with Gasteiger partial charge in [0.2, 0.25) is 11.7 Å². The van der Waals surface area contributed by atoms with E-state index in [1.54, 1.807) is 4.68 Å². The molecular weight excluding hydrogens is 242 g/mol. The summed E-state index contributed by atoms with van der Waals surface area (Å²) in [6.45, 7) is 1.13. The zero-order chi connectivity index (χ0) is 13.1. The maximum Gasteiger partial charge on any atom is 0.227 e. The van der Waals surface area contributed by atoms with Crippen molar-refractivity contribution in [3.05, 3.63) is 18.2 Å². The molecule has 0 bridgehead atoms. The lowest BCUT2D eigenvalue weighted by Gasteiger charge is -2.22. The van der Waals surface area contributed by atoms with Crippen LogP contribution in [0.1, 0.15) is 31.6 Å². The van der Waals surface area contributed by atoms with Crippen molar-refractivity contribution >= 4 is 0 Å². The molecule has 1 aliphatic rings. The molecule has 2 aromatic heterocycles. The third-order valence-electron chi connectivity index (χ3n) is 3.53. The monoisotopic (exact) mass is 261 g/mol. The van der Waals surface area contributed by atoms with E-state index in [9.17, 15) is 0 Å². The fraction of sp³-hybridized carbons (Fsp3) is 0.615. The molecule has 1 aliphatic heterocycles. The highest BCUT2D eigenvalue weighted by molar-refractivity contribution is 5.46. The molecule has 3 heterocycles. The maximum absolute atomic E-state index is 5.28. The first-order chi connectivity index (χ1) is 9.31. The lowest BCUT2D eigenvalue weighted by atomic mass is 10.0. The van der Waals surface area contributed by atoms with Crippen molar-refractivity contribution in [1.29, 1.82) is 0 Å². The number of nitrogens with one attached hydrogen (secondary N) is 1. The van der Waals surface area contributed by atoms with Crippen LogP contribution >= 0.6 is 0 Å². The summed E-state index contributed by atoms with van der Waals surface area (Å²) in [4.78, 5) is 4.40. The zero-order valence-electron chi connectivity index (χ0n) is 11.2. The Morgan fingerprint density at radius 1 is 1.47 bits per heavy atom. The molecule has 0 radical (unpaired) electrons. The average molecular weight is 261 g/mol. The first-order valence-corrected chi connectivity index (χ1v) is 6.87. The van der Waals surface area contributed by atoms with Crippen molar-refractivity contribution in [2.45, 2.75) is 38.1 Å². The SMILES string of the molecule is Cn1ccc(-c2noc(CCC3CCCCN3)n2)n1. The van der Waals surface area contributed by atoms with Crippen LogP contribution in [0.15, 0.2) is 16.8 Å². The summed E-state index contributed by atoms with van der Waals surface area (Å²) in [5.74, 6) is 1.28. The van der Waals surface area contributed by atoms with E-state index in [1.807, 2.05) is 19.3 Å². The molecule has 0 amide bonds. The van der Waals surface area contributed by atoms with E-state index in [4.69, 9.17) is 4.52 Å². The van der Waals surface area contributed by atoms with Gasteiger partial charge in [-0.1, -0.05) is 11.6 Å². The van der Waals surface area contributed by atoms with Crippen LogP contribution in [0.25, 0.3) is 11.5 Å². The number of hydrogen-bond acceptors (Lipinski definition) is 5. The van der Waals surface area contributed by atoms with Gasteiger partial charge in [-0.25, -0.2) is 0 Å². The van der Waals surface area contributed by atoms with Crippen LogP contribution in [-0.4, -0.2) is 32.5 Å². The van der Waals surface area contributed by atoms with E-state index in [0.29, 0.717) is 17.8 Å². The first-order valence-electron chi connectivity index (χ1n) is 6.87. The molecule has 0 saturated carbocycles. The summed E-state index contributed by atoms with van der Waals surface area (Å²) in [5, 5.41) is 11.8. The molecular formula is C13H19N5O. The predicted octanol–water partition coefficient (Wildman–Crippen LogP) is 1.54. The fourth-order valence-electron chi connectivity index (χ4n) is 2.46. The fourth-order valence-corrected chi connectivity index (χ4v) is 2.46. The van der Waals surface area contributed by atoms with E-state index < -0.39 is 0 Å². The summed E-state index contributed by atoms with van der Waals surface area (Å²) >= 11 is 0. The average Bonchev–Trinajstić information content (AvgIpc) is 3.06. The number of aryl methyl sites for hydroxylation is 2. The van der Waals surface area contributed by atoms with Gasteiger partial charge < -0.3 is 9.84 Å². The summed E-state index contributed by atoms with van der Waals surface area (Å²) < 4.78 is 7.01. The third kappa shape index (κ3) is 3.01. The van der Waals surface area contributed by atoms with Crippen molar-refractivity contribution in [2.75, 3.05) is 6.54 Å². The molecule has 1 N–H and O–H groups in total. The topological polar surface area (TPSA) is 68.8 Å². The number of nitrogens with zero attached hydrogens (tertiary/aromatic N) is 4. The Kier molecular flexibility index (Phi) is 3.59. The Morgan fingerprint density at radius 3 is 3.16 bits per heavy atom. The number of rotatable bonds is 4.